The van der Waals surface area contributed by atoms with Crippen molar-refractivity contribution in [1.29, 1.82) is 0 Å². The number of rotatable bonds is 7. The predicted molar refractivity (Wildman–Crippen MR) is 91.4 cm³/mol. The molecule has 128 valence electrons. The summed E-state index contributed by atoms with van der Waals surface area (Å²) >= 11 is 0. The Morgan fingerprint density at radius 1 is 1.25 bits per heavy atom. The molecule has 0 radical (unpaired) electrons. The van der Waals surface area contributed by atoms with Crippen molar-refractivity contribution < 1.29 is 19.4 Å². The van der Waals surface area contributed by atoms with Crippen LogP contribution in [0, 0.1) is 5.82 Å². The quantitative estimate of drug-likeness (QED) is 0.727. The van der Waals surface area contributed by atoms with Gasteiger partial charge in [-0.3, -0.25) is 4.79 Å². The van der Waals surface area contributed by atoms with Gasteiger partial charge in [-0.2, -0.15) is 0 Å². The van der Waals surface area contributed by atoms with Gasteiger partial charge in [-0.1, -0.05) is 12.1 Å². The molecule has 2 aromatic carbocycles. The van der Waals surface area contributed by atoms with Crippen molar-refractivity contribution >= 4 is 17.3 Å². The van der Waals surface area contributed by atoms with Crippen molar-refractivity contribution in [2.45, 2.75) is 12.5 Å². The summed E-state index contributed by atoms with van der Waals surface area (Å²) in [5.41, 5.74) is 1.89. The van der Waals surface area contributed by atoms with Crippen molar-refractivity contribution in [1.82, 2.24) is 0 Å². The lowest BCUT2D eigenvalue weighted by atomic mass is 10.1. The first-order valence-electron chi connectivity index (χ1n) is 7.65. The number of nitrogens with zero attached hydrogens (tertiary/aromatic N) is 1. The molecule has 2 aromatic rings. The van der Waals surface area contributed by atoms with Gasteiger partial charge in [0.1, 0.15) is 5.82 Å². The molecule has 3 N–H and O–H groups in total. The molecule has 0 bridgehead atoms. The molecule has 0 spiro atoms. The fraction of sp³-hybridized carbons (Fsp3) is 0.278. The fourth-order valence-electron chi connectivity index (χ4n) is 2.30. The van der Waals surface area contributed by atoms with E-state index >= 15 is 0 Å². The molecule has 24 heavy (non-hydrogen) atoms. The highest BCUT2D eigenvalue weighted by molar-refractivity contribution is 5.91. The second-order valence-corrected chi connectivity index (χ2v) is 5.52. The number of amides is 1. The number of likely N-dealkylation sites (N-methyl/N-ethyl adjacent to an activating group) is 1. The average molecular weight is 332 g/mol. The summed E-state index contributed by atoms with van der Waals surface area (Å²) in [6, 6.07) is 12.7. The van der Waals surface area contributed by atoms with Crippen LogP contribution < -0.4 is 10.2 Å². The highest BCUT2D eigenvalue weighted by atomic mass is 19.1. The smallest absolute Gasteiger partial charge is 0.227 e. The minimum atomic E-state index is -1.06. The van der Waals surface area contributed by atoms with Gasteiger partial charge in [0.05, 0.1) is 19.1 Å². The molecule has 5 nitrogen and oxygen atoms in total. The number of carbonyl (C=O) groups is 1. The van der Waals surface area contributed by atoms with Crippen LogP contribution >= 0.6 is 0 Å². The number of hydrogen-bond donors (Lipinski definition) is 3. The second-order valence-electron chi connectivity index (χ2n) is 5.52. The summed E-state index contributed by atoms with van der Waals surface area (Å²) in [5.74, 6) is -0.808. The third-order valence-corrected chi connectivity index (χ3v) is 3.64. The largest absolute Gasteiger partial charge is 0.395 e. The van der Waals surface area contributed by atoms with E-state index in [1.807, 2.05) is 24.1 Å². The molecule has 0 aliphatic heterocycles. The highest BCUT2D eigenvalue weighted by Gasteiger charge is 2.14. The summed E-state index contributed by atoms with van der Waals surface area (Å²) in [6.45, 7) is 0.582. The fourth-order valence-corrected chi connectivity index (χ4v) is 2.30. The molecule has 0 aliphatic carbocycles. The van der Waals surface area contributed by atoms with E-state index in [2.05, 4.69) is 5.32 Å². The highest BCUT2D eigenvalue weighted by Crippen LogP contribution is 2.20. The minimum absolute atomic E-state index is 0.0625. The SMILES string of the molecule is CN(CCO)c1ccc(NC(=O)CC(O)c2cccc(F)c2)cc1. The summed E-state index contributed by atoms with van der Waals surface area (Å²) in [4.78, 5) is 13.9. The zero-order valence-corrected chi connectivity index (χ0v) is 13.4. The van der Waals surface area contributed by atoms with Gasteiger partial charge in [0.15, 0.2) is 0 Å². The average Bonchev–Trinajstić information content (AvgIpc) is 2.55. The Kier molecular flexibility index (Phi) is 6.28. The van der Waals surface area contributed by atoms with Gasteiger partial charge in [0.2, 0.25) is 5.91 Å². The van der Waals surface area contributed by atoms with Crippen LogP contribution in [0.2, 0.25) is 0 Å². The number of aliphatic hydroxyl groups excluding tert-OH is 2. The van der Waals surface area contributed by atoms with E-state index < -0.39 is 11.9 Å². The van der Waals surface area contributed by atoms with Gasteiger partial charge in [-0.15, -0.1) is 0 Å². The Balaban J connectivity index is 1.92. The van der Waals surface area contributed by atoms with Crippen LogP contribution in [0.25, 0.3) is 0 Å². The summed E-state index contributed by atoms with van der Waals surface area (Å²) in [7, 11) is 1.86. The van der Waals surface area contributed by atoms with E-state index in [0.29, 0.717) is 17.8 Å². The zero-order chi connectivity index (χ0) is 17.5. The van der Waals surface area contributed by atoms with E-state index in [0.717, 1.165) is 5.69 Å². The normalized spacial score (nSPS) is 11.8. The molecule has 1 atom stereocenters. The van der Waals surface area contributed by atoms with Crippen LogP contribution in [0.3, 0.4) is 0 Å². The van der Waals surface area contributed by atoms with E-state index in [-0.39, 0.29) is 18.9 Å². The molecule has 1 unspecified atom stereocenters. The lowest BCUT2D eigenvalue weighted by Gasteiger charge is -2.18. The molecule has 0 aliphatic rings. The first kappa shape index (κ1) is 17.9. The standard InChI is InChI=1S/C18H21FN2O3/c1-21(9-10-22)16-7-5-15(6-8-16)20-18(24)12-17(23)13-3-2-4-14(19)11-13/h2-8,11,17,22-23H,9-10,12H2,1H3,(H,20,24). The molecular formula is C18H21FN2O3. The number of anilines is 2. The predicted octanol–water partition coefficient (Wildman–Crippen LogP) is 2.32. The first-order valence-corrected chi connectivity index (χ1v) is 7.65. The number of benzene rings is 2. The number of hydrogen-bond acceptors (Lipinski definition) is 4. The molecule has 0 saturated carbocycles. The van der Waals surface area contributed by atoms with Crippen LogP contribution in [-0.2, 0) is 4.79 Å². The first-order chi connectivity index (χ1) is 11.5. The lowest BCUT2D eigenvalue weighted by Crippen LogP contribution is -2.21. The number of aliphatic hydroxyl groups is 2. The van der Waals surface area contributed by atoms with Gasteiger partial charge in [-0.05, 0) is 42.0 Å². The van der Waals surface area contributed by atoms with Crippen molar-refractivity contribution in [3.63, 3.8) is 0 Å². The molecule has 1 amide bonds. The Labute approximate surface area is 140 Å². The molecule has 0 fully saturated rings. The van der Waals surface area contributed by atoms with E-state index in [4.69, 9.17) is 5.11 Å². The van der Waals surface area contributed by atoms with Gasteiger partial charge in [-0.25, -0.2) is 4.39 Å². The summed E-state index contributed by atoms with van der Waals surface area (Å²) in [6.07, 6.45) is -1.22. The molecule has 0 heterocycles. The lowest BCUT2D eigenvalue weighted by molar-refractivity contribution is -0.118. The van der Waals surface area contributed by atoms with Crippen molar-refractivity contribution in [2.75, 3.05) is 30.4 Å². The molecule has 2 rings (SSSR count). The monoisotopic (exact) mass is 332 g/mol. The van der Waals surface area contributed by atoms with E-state index in [9.17, 15) is 14.3 Å². The Morgan fingerprint density at radius 3 is 2.58 bits per heavy atom. The Morgan fingerprint density at radius 2 is 1.96 bits per heavy atom. The minimum Gasteiger partial charge on any atom is -0.395 e. The Bertz CT molecular complexity index is 676. The number of halogens is 1. The maximum Gasteiger partial charge on any atom is 0.227 e. The maximum absolute atomic E-state index is 13.1. The van der Waals surface area contributed by atoms with Gasteiger partial charge in [0.25, 0.3) is 0 Å². The van der Waals surface area contributed by atoms with Gasteiger partial charge < -0.3 is 20.4 Å². The van der Waals surface area contributed by atoms with Crippen LogP contribution in [0.4, 0.5) is 15.8 Å². The zero-order valence-electron chi connectivity index (χ0n) is 13.4. The van der Waals surface area contributed by atoms with Crippen molar-refractivity contribution in [3.8, 4) is 0 Å². The van der Waals surface area contributed by atoms with Gasteiger partial charge in [0, 0.05) is 25.0 Å². The Hall–Kier alpha value is -2.44. The molecule has 0 aromatic heterocycles. The molecular weight excluding hydrogens is 311 g/mol. The van der Waals surface area contributed by atoms with E-state index in [1.54, 1.807) is 18.2 Å². The maximum atomic E-state index is 13.1. The third-order valence-electron chi connectivity index (χ3n) is 3.64. The summed E-state index contributed by atoms with van der Waals surface area (Å²) in [5, 5.41) is 21.6. The van der Waals surface area contributed by atoms with Crippen LogP contribution in [0.15, 0.2) is 48.5 Å². The summed E-state index contributed by atoms with van der Waals surface area (Å²) < 4.78 is 13.1. The molecule has 0 saturated heterocycles. The van der Waals surface area contributed by atoms with Crippen LogP contribution in [-0.4, -0.2) is 36.3 Å². The van der Waals surface area contributed by atoms with Crippen molar-refractivity contribution in [2.24, 2.45) is 0 Å². The third kappa shape index (κ3) is 5.04. The van der Waals surface area contributed by atoms with E-state index in [1.165, 1.54) is 18.2 Å². The topological polar surface area (TPSA) is 72.8 Å². The van der Waals surface area contributed by atoms with Crippen LogP contribution in [0.1, 0.15) is 18.1 Å². The second kappa shape index (κ2) is 8.42. The number of carbonyl (C=O) groups excluding carboxylic acids is 1. The van der Waals surface area contributed by atoms with Gasteiger partial charge >= 0.3 is 0 Å². The van der Waals surface area contributed by atoms with Crippen LogP contribution in [0.5, 0.6) is 0 Å². The number of nitrogens with one attached hydrogen (secondary N) is 1. The molecule has 6 heteroatoms. The van der Waals surface area contributed by atoms with Crippen molar-refractivity contribution in [3.05, 3.63) is 59.9 Å².